The molecule has 1 amide bonds. The maximum atomic E-state index is 12.7. The molecule has 0 spiro atoms. The van der Waals surface area contributed by atoms with Gasteiger partial charge in [-0.1, -0.05) is 65.7 Å². The largest absolute Gasteiger partial charge is 0.452 e. The first-order valence-electron chi connectivity index (χ1n) is 11.8. The number of carbonyl (C=O) groups excluding carboxylic acids is 2. The molecule has 0 saturated carbocycles. The van der Waals surface area contributed by atoms with Crippen molar-refractivity contribution in [3.8, 4) is 22.5 Å². The van der Waals surface area contributed by atoms with Crippen molar-refractivity contribution in [1.82, 2.24) is 15.0 Å². The second-order valence-electron chi connectivity index (χ2n) is 8.70. The summed E-state index contributed by atoms with van der Waals surface area (Å²) in [5.74, 6) is -0.714. The molecule has 5 aromatic rings. The topological polar surface area (TPSA) is 94.1 Å². The fourth-order valence-electron chi connectivity index (χ4n) is 3.84. The number of ether oxygens (including phenoxy) is 1. The predicted octanol–water partition coefficient (Wildman–Crippen LogP) is 5.77. The van der Waals surface area contributed by atoms with Crippen molar-refractivity contribution in [2.45, 2.75) is 13.8 Å². The third-order valence-electron chi connectivity index (χ3n) is 5.82. The lowest BCUT2D eigenvalue weighted by atomic mass is 10.0. The first-order valence-corrected chi connectivity index (χ1v) is 11.8. The van der Waals surface area contributed by atoms with Crippen LogP contribution in [-0.4, -0.2) is 33.4 Å². The minimum atomic E-state index is -0.626. The van der Waals surface area contributed by atoms with E-state index >= 15 is 0 Å². The number of aryl methyl sites for hydroxylation is 2. The first kappa shape index (κ1) is 23.8. The van der Waals surface area contributed by atoms with Gasteiger partial charge in [-0.3, -0.25) is 4.79 Å². The molecular formula is C30H24N4O3. The standard InChI is InChI=1S/C30H24N4O3/c1-19-6-10-21(11-7-19)28-29(22-12-8-20(2)9-13-22)33-25-17-23(14-15-24(25)32-28)30(36)37-18-27(35)34-26-5-3-4-16-31-26/h3-17H,18H2,1-2H3,(H,31,34,35). The Morgan fingerprint density at radius 2 is 1.38 bits per heavy atom. The van der Waals surface area contributed by atoms with Crippen LogP contribution in [-0.2, 0) is 9.53 Å². The van der Waals surface area contributed by atoms with Crippen LogP contribution in [0.4, 0.5) is 5.82 Å². The molecule has 7 nitrogen and oxygen atoms in total. The molecule has 0 aliphatic rings. The Morgan fingerprint density at radius 1 is 0.757 bits per heavy atom. The molecule has 37 heavy (non-hydrogen) atoms. The van der Waals surface area contributed by atoms with Crippen LogP contribution in [0.5, 0.6) is 0 Å². The molecule has 0 atom stereocenters. The zero-order chi connectivity index (χ0) is 25.8. The fraction of sp³-hybridized carbons (Fsp3) is 0.100. The molecule has 1 N–H and O–H groups in total. The normalized spacial score (nSPS) is 10.8. The summed E-state index contributed by atoms with van der Waals surface area (Å²) in [6.45, 7) is 3.64. The summed E-state index contributed by atoms with van der Waals surface area (Å²) in [7, 11) is 0. The number of carbonyl (C=O) groups is 2. The second-order valence-corrected chi connectivity index (χ2v) is 8.70. The molecule has 0 fully saturated rings. The van der Waals surface area contributed by atoms with E-state index < -0.39 is 18.5 Å². The monoisotopic (exact) mass is 488 g/mol. The maximum Gasteiger partial charge on any atom is 0.338 e. The van der Waals surface area contributed by atoms with E-state index in [2.05, 4.69) is 10.3 Å². The van der Waals surface area contributed by atoms with Crippen molar-refractivity contribution in [1.29, 1.82) is 0 Å². The van der Waals surface area contributed by atoms with Crippen LogP contribution in [0.3, 0.4) is 0 Å². The highest BCUT2D eigenvalue weighted by molar-refractivity contribution is 5.97. The Labute approximate surface area is 214 Å². The van der Waals surface area contributed by atoms with Gasteiger partial charge in [-0.05, 0) is 44.2 Å². The number of nitrogens with zero attached hydrogens (tertiary/aromatic N) is 3. The molecule has 0 aliphatic heterocycles. The van der Waals surface area contributed by atoms with Crippen LogP contribution in [0.2, 0.25) is 0 Å². The Hall–Kier alpha value is -4.91. The third-order valence-corrected chi connectivity index (χ3v) is 5.82. The van der Waals surface area contributed by atoms with Gasteiger partial charge in [0.05, 0.1) is 28.0 Å². The van der Waals surface area contributed by atoms with Gasteiger partial charge in [-0.25, -0.2) is 19.7 Å². The number of nitrogens with one attached hydrogen (secondary N) is 1. The van der Waals surface area contributed by atoms with Crippen LogP contribution in [0, 0.1) is 13.8 Å². The number of pyridine rings is 1. The quantitative estimate of drug-likeness (QED) is 0.305. The van der Waals surface area contributed by atoms with Crippen LogP contribution in [0.25, 0.3) is 33.5 Å². The summed E-state index contributed by atoms with van der Waals surface area (Å²) < 4.78 is 5.22. The molecular weight excluding hydrogens is 464 g/mol. The second kappa shape index (κ2) is 10.4. The van der Waals surface area contributed by atoms with E-state index in [0.717, 1.165) is 33.6 Å². The highest BCUT2D eigenvalue weighted by Crippen LogP contribution is 2.31. The molecule has 2 heterocycles. The summed E-state index contributed by atoms with van der Waals surface area (Å²) in [5, 5.41) is 2.58. The van der Waals surface area contributed by atoms with Crippen molar-refractivity contribution in [2.24, 2.45) is 0 Å². The average Bonchev–Trinajstić information content (AvgIpc) is 2.92. The molecule has 5 rings (SSSR count). The molecule has 3 aromatic carbocycles. The number of aromatic nitrogens is 3. The van der Waals surface area contributed by atoms with E-state index in [4.69, 9.17) is 14.7 Å². The lowest BCUT2D eigenvalue weighted by Crippen LogP contribution is -2.21. The van der Waals surface area contributed by atoms with Gasteiger partial charge in [0.25, 0.3) is 5.91 Å². The summed E-state index contributed by atoms with van der Waals surface area (Å²) in [6.07, 6.45) is 1.56. The van der Waals surface area contributed by atoms with Crippen molar-refractivity contribution in [3.63, 3.8) is 0 Å². The van der Waals surface area contributed by atoms with Crippen LogP contribution >= 0.6 is 0 Å². The summed E-state index contributed by atoms with van der Waals surface area (Å²) in [5.41, 5.74) is 7.15. The summed E-state index contributed by atoms with van der Waals surface area (Å²) in [6, 6.07) is 26.4. The van der Waals surface area contributed by atoms with Gasteiger partial charge >= 0.3 is 5.97 Å². The highest BCUT2D eigenvalue weighted by atomic mass is 16.5. The Balaban J connectivity index is 1.44. The Kier molecular flexibility index (Phi) is 6.68. The molecule has 0 saturated heterocycles. The van der Waals surface area contributed by atoms with Crippen molar-refractivity contribution < 1.29 is 14.3 Å². The third kappa shape index (κ3) is 5.51. The molecule has 2 aromatic heterocycles. The SMILES string of the molecule is Cc1ccc(-c2nc3ccc(C(=O)OCC(=O)Nc4ccccn4)cc3nc2-c2ccc(C)cc2)cc1. The number of amides is 1. The van der Waals surface area contributed by atoms with Crippen LogP contribution in [0.15, 0.2) is 91.1 Å². The van der Waals surface area contributed by atoms with E-state index in [-0.39, 0.29) is 5.56 Å². The van der Waals surface area contributed by atoms with E-state index in [1.807, 2.05) is 62.4 Å². The first-order chi connectivity index (χ1) is 18.0. The van der Waals surface area contributed by atoms with Gasteiger partial charge in [-0.2, -0.15) is 0 Å². The zero-order valence-corrected chi connectivity index (χ0v) is 20.4. The molecule has 0 radical (unpaired) electrons. The van der Waals surface area contributed by atoms with Gasteiger partial charge < -0.3 is 10.1 Å². The lowest BCUT2D eigenvalue weighted by molar-refractivity contribution is -0.119. The maximum absolute atomic E-state index is 12.7. The smallest absolute Gasteiger partial charge is 0.338 e. The number of benzene rings is 3. The number of rotatable bonds is 6. The van der Waals surface area contributed by atoms with Crippen LogP contribution in [0.1, 0.15) is 21.5 Å². The van der Waals surface area contributed by atoms with Crippen LogP contribution < -0.4 is 5.32 Å². The molecule has 0 aliphatic carbocycles. The Bertz CT molecular complexity index is 1580. The van der Waals surface area contributed by atoms with Crippen molar-refractivity contribution in [3.05, 3.63) is 108 Å². The van der Waals surface area contributed by atoms with E-state index in [0.29, 0.717) is 16.9 Å². The highest BCUT2D eigenvalue weighted by Gasteiger charge is 2.16. The number of hydrogen-bond donors (Lipinski definition) is 1. The predicted molar refractivity (Wildman–Crippen MR) is 143 cm³/mol. The molecule has 7 heteroatoms. The molecule has 182 valence electrons. The van der Waals surface area contributed by atoms with Crippen molar-refractivity contribution in [2.75, 3.05) is 11.9 Å². The van der Waals surface area contributed by atoms with Gasteiger partial charge in [0.15, 0.2) is 6.61 Å². The number of anilines is 1. The minimum Gasteiger partial charge on any atom is -0.452 e. The van der Waals surface area contributed by atoms with E-state index in [1.54, 1.807) is 42.6 Å². The van der Waals surface area contributed by atoms with Gasteiger partial charge in [0.1, 0.15) is 5.82 Å². The van der Waals surface area contributed by atoms with Crippen molar-refractivity contribution >= 4 is 28.7 Å². The number of hydrogen-bond acceptors (Lipinski definition) is 6. The molecule has 0 unspecified atom stereocenters. The van der Waals surface area contributed by atoms with Gasteiger partial charge in [0, 0.05) is 17.3 Å². The number of esters is 1. The number of fused-ring (bicyclic) bond motifs is 1. The zero-order valence-electron chi connectivity index (χ0n) is 20.4. The lowest BCUT2D eigenvalue weighted by Gasteiger charge is -2.12. The Morgan fingerprint density at radius 3 is 1.97 bits per heavy atom. The fourth-order valence-corrected chi connectivity index (χ4v) is 3.84. The van der Waals surface area contributed by atoms with Gasteiger partial charge in [0.2, 0.25) is 0 Å². The summed E-state index contributed by atoms with van der Waals surface area (Å²) >= 11 is 0. The van der Waals surface area contributed by atoms with E-state index in [9.17, 15) is 9.59 Å². The minimum absolute atomic E-state index is 0.283. The summed E-state index contributed by atoms with van der Waals surface area (Å²) in [4.78, 5) is 38.7. The van der Waals surface area contributed by atoms with Gasteiger partial charge in [-0.15, -0.1) is 0 Å². The average molecular weight is 489 g/mol. The van der Waals surface area contributed by atoms with E-state index in [1.165, 1.54) is 0 Å². The molecule has 0 bridgehead atoms.